The molecule has 0 saturated carbocycles. The summed E-state index contributed by atoms with van der Waals surface area (Å²) in [6.07, 6.45) is 0. The van der Waals surface area contributed by atoms with E-state index >= 15 is 0 Å². The smallest absolute Gasteiger partial charge is 0.266 e. The fourth-order valence-electron chi connectivity index (χ4n) is 2.84. The van der Waals surface area contributed by atoms with Crippen molar-refractivity contribution in [1.82, 2.24) is 14.5 Å². The van der Waals surface area contributed by atoms with Crippen molar-refractivity contribution < 1.29 is 4.79 Å². The van der Waals surface area contributed by atoms with Gasteiger partial charge < -0.3 is 15.2 Å². The number of thiazole rings is 1. The maximum absolute atomic E-state index is 12.7. The molecule has 0 fully saturated rings. The van der Waals surface area contributed by atoms with Gasteiger partial charge in [0.25, 0.3) is 5.91 Å². The highest BCUT2D eigenvalue weighted by molar-refractivity contribution is 7.17. The largest absolute Gasteiger partial charge is 0.375 e. The van der Waals surface area contributed by atoms with Gasteiger partial charge in [-0.15, -0.1) is 0 Å². The number of hydrogen-bond acceptors (Lipinski definition) is 4. The Morgan fingerprint density at radius 1 is 1.40 bits per heavy atom. The number of anilines is 1. The van der Waals surface area contributed by atoms with Gasteiger partial charge in [-0.05, 0) is 32.9 Å². The van der Waals surface area contributed by atoms with E-state index in [0.29, 0.717) is 10.0 Å². The van der Waals surface area contributed by atoms with Crippen LogP contribution in [0.15, 0.2) is 12.1 Å². The van der Waals surface area contributed by atoms with E-state index in [1.165, 1.54) is 22.7 Å². The fraction of sp³-hybridized carbons (Fsp3) is 0.429. The molecular formula is C14H18N4OS. The molecule has 1 amide bonds. The maximum atomic E-state index is 12.7. The standard InChI is InChI=1S/C14H18N4OS/c1-8-4-5-11-10(3)18(7-6-17(8)11)13(19)12-9(2)16-14(15)20-12/h4-5,10H,6-7H2,1-3H3,(H2,15,16). The van der Waals surface area contributed by atoms with Crippen LogP contribution in [0.5, 0.6) is 0 Å². The van der Waals surface area contributed by atoms with Crippen LogP contribution in [0.1, 0.15) is 39.7 Å². The molecule has 2 aromatic heterocycles. The molecule has 1 aliphatic heterocycles. The van der Waals surface area contributed by atoms with E-state index in [9.17, 15) is 4.79 Å². The Balaban J connectivity index is 1.93. The fourth-order valence-corrected chi connectivity index (χ4v) is 3.63. The number of nitrogens with zero attached hydrogens (tertiary/aromatic N) is 3. The van der Waals surface area contributed by atoms with Crippen molar-refractivity contribution in [1.29, 1.82) is 0 Å². The Kier molecular flexibility index (Phi) is 3.05. The number of fused-ring (bicyclic) bond motifs is 1. The summed E-state index contributed by atoms with van der Waals surface area (Å²) in [6.45, 7) is 7.57. The van der Waals surface area contributed by atoms with Crippen LogP contribution in [0.4, 0.5) is 5.13 Å². The zero-order valence-corrected chi connectivity index (χ0v) is 12.7. The molecule has 6 heteroatoms. The van der Waals surface area contributed by atoms with E-state index in [-0.39, 0.29) is 11.9 Å². The highest BCUT2D eigenvalue weighted by Gasteiger charge is 2.30. The van der Waals surface area contributed by atoms with Crippen molar-refractivity contribution in [2.75, 3.05) is 12.3 Å². The Morgan fingerprint density at radius 2 is 2.15 bits per heavy atom. The molecule has 2 N–H and O–H groups in total. The second kappa shape index (κ2) is 4.63. The second-order valence-electron chi connectivity index (χ2n) is 5.19. The van der Waals surface area contributed by atoms with Crippen molar-refractivity contribution in [3.8, 4) is 0 Å². The number of amides is 1. The van der Waals surface area contributed by atoms with Crippen LogP contribution in [-0.2, 0) is 6.54 Å². The number of aryl methyl sites for hydroxylation is 2. The van der Waals surface area contributed by atoms with E-state index in [1.807, 2.05) is 11.8 Å². The van der Waals surface area contributed by atoms with Gasteiger partial charge in [0.1, 0.15) is 4.88 Å². The SMILES string of the molecule is Cc1nc(N)sc1C(=O)N1CCn2c(C)ccc2C1C. The number of nitrogens with two attached hydrogens (primary N) is 1. The monoisotopic (exact) mass is 290 g/mol. The van der Waals surface area contributed by atoms with Gasteiger partial charge in [0, 0.05) is 24.5 Å². The summed E-state index contributed by atoms with van der Waals surface area (Å²) in [5.74, 6) is 0.0364. The predicted octanol–water partition coefficient (Wildman–Crippen LogP) is 2.36. The first-order chi connectivity index (χ1) is 9.49. The number of nitrogen functional groups attached to an aromatic ring is 1. The molecule has 0 aromatic carbocycles. The molecule has 1 aliphatic rings. The third-order valence-corrected chi connectivity index (χ3v) is 4.94. The molecule has 2 aromatic rings. The highest BCUT2D eigenvalue weighted by atomic mass is 32.1. The van der Waals surface area contributed by atoms with E-state index in [1.54, 1.807) is 0 Å². The first-order valence-corrected chi connectivity index (χ1v) is 7.50. The van der Waals surface area contributed by atoms with Crippen molar-refractivity contribution in [3.05, 3.63) is 34.1 Å². The van der Waals surface area contributed by atoms with Gasteiger partial charge in [-0.3, -0.25) is 4.79 Å². The number of carbonyl (C=O) groups is 1. The van der Waals surface area contributed by atoms with Crippen LogP contribution >= 0.6 is 11.3 Å². The van der Waals surface area contributed by atoms with E-state index in [2.05, 4.69) is 35.5 Å². The first-order valence-electron chi connectivity index (χ1n) is 6.69. The molecule has 20 heavy (non-hydrogen) atoms. The molecule has 0 bridgehead atoms. The van der Waals surface area contributed by atoms with Crippen LogP contribution in [-0.4, -0.2) is 26.9 Å². The van der Waals surface area contributed by atoms with Crippen LogP contribution < -0.4 is 5.73 Å². The summed E-state index contributed by atoms with van der Waals surface area (Å²) >= 11 is 1.27. The Hall–Kier alpha value is -1.82. The lowest BCUT2D eigenvalue weighted by Crippen LogP contribution is -2.41. The lowest BCUT2D eigenvalue weighted by atomic mass is 10.1. The lowest BCUT2D eigenvalue weighted by molar-refractivity contribution is 0.0647. The Bertz CT molecular complexity index is 673. The summed E-state index contributed by atoms with van der Waals surface area (Å²) in [5.41, 5.74) is 8.86. The minimum Gasteiger partial charge on any atom is -0.375 e. The minimum absolute atomic E-state index is 0.0364. The molecule has 0 saturated heterocycles. The molecule has 0 aliphatic carbocycles. The zero-order valence-electron chi connectivity index (χ0n) is 11.9. The van der Waals surface area contributed by atoms with Crippen LogP contribution in [0.3, 0.4) is 0 Å². The normalized spacial score (nSPS) is 18.1. The number of rotatable bonds is 1. The van der Waals surface area contributed by atoms with Crippen LogP contribution in [0, 0.1) is 13.8 Å². The third-order valence-electron chi connectivity index (χ3n) is 3.96. The van der Waals surface area contributed by atoms with Crippen molar-refractivity contribution in [2.45, 2.75) is 33.4 Å². The second-order valence-corrected chi connectivity index (χ2v) is 6.22. The van der Waals surface area contributed by atoms with E-state index in [0.717, 1.165) is 18.8 Å². The van der Waals surface area contributed by atoms with Gasteiger partial charge in [-0.1, -0.05) is 11.3 Å². The summed E-state index contributed by atoms with van der Waals surface area (Å²) in [7, 11) is 0. The van der Waals surface area contributed by atoms with Crippen LogP contribution in [0.25, 0.3) is 0 Å². The molecule has 106 valence electrons. The molecule has 1 atom stereocenters. The summed E-state index contributed by atoms with van der Waals surface area (Å²) in [4.78, 5) is 19.4. The van der Waals surface area contributed by atoms with Gasteiger partial charge in [0.15, 0.2) is 5.13 Å². The van der Waals surface area contributed by atoms with Gasteiger partial charge in [0.05, 0.1) is 11.7 Å². The number of hydrogen-bond donors (Lipinski definition) is 1. The van der Waals surface area contributed by atoms with Gasteiger partial charge in [-0.2, -0.15) is 0 Å². The molecule has 3 rings (SSSR count). The van der Waals surface area contributed by atoms with Crippen molar-refractivity contribution in [3.63, 3.8) is 0 Å². The Labute approximate surface area is 122 Å². The average molecular weight is 290 g/mol. The molecule has 0 radical (unpaired) electrons. The third kappa shape index (κ3) is 1.91. The van der Waals surface area contributed by atoms with E-state index in [4.69, 9.17) is 5.73 Å². The van der Waals surface area contributed by atoms with E-state index < -0.39 is 0 Å². The molecule has 1 unspecified atom stereocenters. The zero-order chi connectivity index (χ0) is 14.4. The quantitative estimate of drug-likeness (QED) is 0.877. The summed E-state index contributed by atoms with van der Waals surface area (Å²) in [5, 5.41) is 0.453. The number of aromatic nitrogens is 2. The summed E-state index contributed by atoms with van der Waals surface area (Å²) < 4.78 is 2.28. The van der Waals surface area contributed by atoms with Gasteiger partial charge in [-0.25, -0.2) is 4.98 Å². The maximum Gasteiger partial charge on any atom is 0.266 e. The lowest BCUT2D eigenvalue weighted by Gasteiger charge is -2.35. The van der Waals surface area contributed by atoms with Crippen LogP contribution in [0.2, 0.25) is 0 Å². The highest BCUT2D eigenvalue weighted by Crippen LogP contribution is 2.30. The molecule has 5 nitrogen and oxygen atoms in total. The predicted molar refractivity (Wildman–Crippen MR) is 79.9 cm³/mol. The first kappa shape index (κ1) is 13.2. The van der Waals surface area contributed by atoms with Gasteiger partial charge >= 0.3 is 0 Å². The molecular weight excluding hydrogens is 272 g/mol. The van der Waals surface area contributed by atoms with Crippen molar-refractivity contribution in [2.24, 2.45) is 0 Å². The Morgan fingerprint density at radius 3 is 2.80 bits per heavy atom. The molecule has 3 heterocycles. The topological polar surface area (TPSA) is 64.2 Å². The van der Waals surface area contributed by atoms with Gasteiger partial charge in [0.2, 0.25) is 0 Å². The molecule has 0 spiro atoms. The minimum atomic E-state index is 0.0364. The summed E-state index contributed by atoms with van der Waals surface area (Å²) in [6, 6.07) is 4.29. The average Bonchev–Trinajstić information content (AvgIpc) is 2.93. The van der Waals surface area contributed by atoms with Crippen molar-refractivity contribution >= 4 is 22.4 Å². The number of carbonyl (C=O) groups excluding carboxylic acids is 1.